The van der Waals surface area contributed by atoms with E-state index in [1.807, 2.05) is 4.90 Å². The number of hydrogen-bond donors (Lipinski definition) is 2. The highest BCUT2D eigenvalue weighted by Gasteiger charge is 2.20. The van der Waals surface area contributed by atoms with Gasteiger partial charge in [0.1, 0.15) is 0 Å². The summed E-state index contributed by atoms with van der Waals surface area (Å²) in [5, 5.41) is 7.02. The molecule has 0 aromatic heterocycles. The van der Waals surface area contributed by atoms with E-state index in [0.29, 0.717) is 26.1 Å². The van der Waals surface area contributed by atoms with Gasteiger partial charge < -0.3 is 10.6 Å². The lowest BCUT2D eigenvalue weighted by Gasteiger charge is -2.25. The summed E-state index contributed by atoms with van der Waals surface area (Å²) in [5.41, 5.74) is 5.20. The number of hydrogen-bond acceptors (Lipinski definition) is 4. The van der Waals surface area contributed by atoms with Crippen molar-refractivity contribution in [1.29, 1.82) is 5.41 Å². The molecule has 0 amide bonds. The van der Waals surface area contributed by atoms with Crippen LogP contribution in [0.25, 0.3) is 0 Å². The van der Waals surface area contributed by atoms with E-state index in [2.05, 4.69) is 0 Å². The maximum absolute atomic E-state index is 11.0. The van der Waals surface area contributed by atoms with Crippen molar-refractivity contribution in [3.63, 3.8) is 0 Å². The second-order valence-corrected chi connectivity index (χ2v) is 5.57. The van der Waals surface area contributed by atoms with Crippen LogP contribution in [0, 0.1) is 5.41 Å². The summed E-state index contributed by atoms with van der Waals surface area (Å²) >= 11 is 0. The van der Waals surface area contributed by atoms with E-state index in [4.69, 9.17) is 11.1 Å². The first kappa shape index (κ1) is 10.5. The molecule has 1 fully saturated rings. The molecule has 0 saturated carbocycles. The molecule has 0 aromatic rings. The summed E-state index contributed by atoms with van der Waals surface area (Å²) < 4.78 is 22.1. The zero-order chi connectivity index (χ0) is 9.90. The molecule has 0 radical (unpaired) electrons. The molecule has 1 aliphatic heterocycles. The van der Waals surface area contributed by atoms with E-state index in [0.717, 1.165) is 0 Å². The first-order valence-corrected chi connectivity index (χ1v) is 6.07. The standard InChI is InChI=1S/C7H15N3O2S/c8-7(9)1-2-10-3-5-13(11,12)6-4-10/h1-6H2,(H3,8,9). The molecule has 1 saturated heterocycles. The predicted molar refractivity (Wildman–Crippen MR) is 51.6 cm³/mol. The van der Waals surface area contributed by atoms with Crippen LogP contribution in [0.1, 0.15) is 6.42 Å². The summed E-state index contributed by atoms with van der Waals surface area (Å²) in [7, 11) is -2.78. The van der Waals surface area contributed by atoms with Gasteiger partial charge in [-0.25, -0.2) is 8.42 Å². The van der Waals surface area contributed by atoms with Crippen molar-refractivity contribution < 1.29 is 8.42 Å². The van der Waals surface area contributed by atoms with E-state index >= 15 is 0 Å². The van der Waals surface area contributed by atoms with Gasteiger partial charge in [0.2, 0.25) is 0 Å². The number of nitrogens with zero attached hydrogens (tertiary/aromatic N) is 1. The predicted octanol–water partition coefficient (Wildman–Crippen LogP) is -0.957. The molecule has 0 atom stereocenters. The van der Waals surface area contributed by atoms with E-state index in [9.17, 15) is 8.42 Å². The monoisotopic (exact) mass is 205 g/mol. The average Bonchev–Trinajstić information content (AvgIpc) is 2.02. The van der Waals surface area contributed by atoms with E-state index in [-0.39, 0.29) is 17.3 Å². The summed E-state index contributed by atoms with van der Waals surface area (Å²) in [6.45, 7) is 1.86. The van der Waals surface area contributed by atoms with Gasteiger partial charge in [-0.3, -0.25) is 5.41 Å². The van der Waals surface area contributed by atoms with Crippen LogP contribution >= 0.6 is 0 Å². The maximum Gasteiger partial charge on any atom is 0.152 e. The smallest absolute Gasteiger partial charge is 0.152 e. The van der Waals surface area contributed by atoms with Crippen LogP contribution in [-0.4, -0.2) is 50.3 Å². The SMILES string of the molecule is N=C(N)CCN1CCS(=O)(=O)CC1. The molecule has 0 aliphatic carbocycles. The van der Waals surface area contributed by atoms with Crippen LogP contribution in [0.2, 0.25) is 0 Å². The first-order chi connectivity index (χ1) is 5.99. The van der Waals surface area contributed by atoms with Crippen molar-refractivity contribution in [2.45, 2.75) is 6.42 Å². The zero-order valence-electron chi connectivity index (χ0n) is 7.49. The van der Waals surface area contributed by atoms with Crippen molar-refractivity contribution >= 4 is 15.7 Å². The Kier molecular flexibility index (Phi) is 3.27. The van der Waals surface area contributed by atoms with Crippen molar-refractivity contribution in [1.82, 2.24) is 4.90 Å². The number of nitrogens with one attached hydrogen (secondary N) is 1. The van der Waals surface area contributed by atoms with Gasteiger partial charge in [-0.15, -0.1) is 0 Å². The summed E-state index contributed by atoms with van der Waals surface area (Å²) in [4.78, 5) is 2.03. The van der Waals surface area contributed by atoms with E-state index < -0.39 is 9.84 Å². The highest BCUT2D eigenvalue weighted by Crippen LogP contribution is 2.03. The molecule has 0 unspecified atom stereocenters. The lowest BCUT2D eigenvalue weighted by Crippen LogP contribution is -2.41. The average molecular weight is 205 g/mol. The Morgan fingerprint density at radius 2 is 1.92 bits per heavy atom. The van der Waals surface area contributed by atoms with Gasteiger partial charge >= 0.3 is 0 Å². The topological polar surface area (TPSA) is 87.2 Å². The molecule has 1 heterocycles. The van der Waals surface area contributed by atoms with Crippen LogP contribution < -0.4 is 5.73 Å². The van der Waals surface area contributed by atoms with Gasteiger partial charge in [0.25, 0.3) is 0 Å². The fourth-order valence-electron chi connectivity index (χ4n) is 1.25. The molecule has 0 spiro atoms. The normalized spacial score (nSPS) is 22.8. The third-order valence-electron chi connectivity index (χ3n) is 2.13. The van der Waals surface area contributed by atoms with Crippen LogP contribution in [0.3, 0.4) is 0 Å². The summed E-state index contributed by atoms with van der Waals surface area (Å²) in [5.74, 6) is 0.643. The van der Waals surface area contributed by atoms with E-state index in [1.54, 1.807) is 0 Å². The van der Waals surface area contributed by atoms with Crippen molar-refractivity contribution in [3.05, 3.63) is 0 Å². The van der Waals surface area contributed by atoms with E-state index in [1.165, 1.54) is 0 Å². The van der Waals surface area contributed by atoms with Gasteiger partial charge in [-0.1, -0.05) is 0 Å². The molecule has 1 rings (SSSR count). The fraction of sp³-hybridized carbons (Fsp3) is 0.857. The third-order valence-corrected chi connectivity index (χ3v) is 3.74. The van der Waals surface area contributed by atoms with Gasteiger partial charge in [-0.2, -0.15) is 0 Å². The Morgan fingerprint density at radius 1 is 1.38 bits per heavy atom. The van der Waals surface area contributed by atoms with Gasteiger partial charge in [-0.05, 0) is 0 Å². The van der Waals surface area contributed by atoms with Crippen molar-refractivity contribution in [2.24, 2.45) is 5.73 Å². The highest BCUT2D eigenvalue weighted by molar-refractivity contribution is 7.91. The van der Waals surface area contributed by atoms with Gasteiger partial charge in [0.15, 0.2) is 9.84 Å². The largest absolute Gasteiger partial charge is 0.388 e. The lowest BCUT2D eigenvalue weighted by atomic mass is 10.3. The molecule has 3 N–H and O–H groups in total. The number of nitrogens with two attached hydrogens (primary N) is 1. The van der Waals surface area contributed by atoms with Crippen LogP contribution in [-0.2, 0) is 9.84 Å². The van der Waals surface area contributed by atoms with Crippen molar-refractivity contribution in [2.75, 3.05) is 31.1 Å². The summed E-state index contributed by atoms with van der Waals surface area (Å²) in [6, 6.07) is 0. The van der Waals surface area contributed by atoms with Gasteiger partial charge in [0.05, 0.1) is 17.3 Å². The second-order valence-electron chi connectivity index (χ2n) is 3.27. The minimum absolute atomic E-state index is 0.161. The second kappa shape index (κ2) is 4.06. The van der Waals surface area contributed by atoms with Gasteiger partial charge in [0, 0.05) is 26.1 Å². The molecule has 13 heavy (non-hydrogen) atoms. The first-order valence-electron chi connectivity index (χ1n) is 4.25. The molecular weight excluding hydrogens is 190 g/mol. The molecule has 1 aliphatic rings. The quantitative estimate of drug-likeness (QED) is 0.459. The highest BCUT2D eigenvalue weighted by atomic mass is 32.2. The lowest BCUT2D eigenvalue weighted by molar-refractivity contribution is 0.304. The van der Waals surface area contributed by atoms with Crippen LogP contribution in [0.5, 0.6) is 0 Å². The Bertz CT molecular complexity index is 272. The minimum atomic E-state index is -2.78. The number of sulfone groups is 1. The third kappa shape index (κ3) is 3.73. The van der Waals surface area contributed by atoms with Crippen molar-refractivity contribution in [3.8, 4) is 0 Å². The molecule has 76 valence electrons. The Hall–Kier alpha value is -0.620. The number of amidine groups is 1. The Labute approximate surface area is 78.3 Å². The fourth-order valence-corrected chi connectivity index (χ4v) is 2.53. The molecule has 6 heteroatoms. The molecule has 0 aromatic carbocycles. The maximum atomic E-state index is 11.0. The minimum Gasteiger partial charge on any atom is -0.388 e. The Morgan fingerprint density at radius 3 is 2.38 bits per heavy atom. The summed E-state index contributed by atoms with van der Waals surface area (Å²) in [6.07, 6.45) is 0.528. The molecular formula is C7H15N3O2S. The zero-order valence-corrected chi connectivity index (χ0v) is 8.31. The van der Waals surface area contributed by atoms with Crippen LogP contribution in [0.4, 0.5) is 0 Å². The van der Waals surface area contributed by atoms with Crippen LogP contribution in [0.15, 0.2) is 0 Å². The molecule has 5 nitrogen and oxygen atoms in total. The molecule has 0 bridgehead atoms. The Balaban J connectivity index is 2.29. The number of rotatable bonds is 3.